The van der Waals surface area contributed by atoms with Gasteiger partial charge in [-0.15, -0.1) is 0 Å². The Morgan fingerprint density at radius 3 is 2.78 bits per heavy atom. The first-order valence-electron chi connectivity index (χ1n) is 7.54. The molecule has 7 nitrogen and oxygen atoms in total. The zero-order valence-corrected chi connectivity index (χ0v) is 15.4. The van der Waals surface area contributed by atoms with Gasteiger partial charge in [-0.3, -0.25) is 4.99 Å². The summed E-state index contributed by atoms with van der Waals surface area (Å²) in [5.41, 5.74) is 1.07. The highest BCUT2D eigenvalue weighted by molar-refractivity contribution is 7.89. The fourth-order valence-electron chi connectivity index (χ4n) is 2.66. The van der Waals surface area contributed by atoms with E-state index in [2.05, 4.69) is 10.3 Å². The molecule has 1 aliphatic rings. The van der Waals surface area contributed by atoms with Crippen LogP contribution in [0.15, 0.2) is 17.3 Å². The van der Waals surface area contributed by atoms with E-state index in [4.69, 9.17) is 11.6 Å². The molecule has 2 heterocycles. The summed E-state index contributed by atoms with van der Waals surface area (Å²) < 4.78 is 27.0. The molecule has 0 spiro atoms. The van der Waals surface area contributed by atoms with Crippen molar-refractivity contribution in [3.05, 3.63) is 23.0 Å². The van der Waals surface area contributed by atoms with Crippen molar-refractivity contribution in [3.63, 3.8) is 0 Å². The number of hydrogen-bond donors (Lipinski definition) is 1. The summed E-state index contributed by atoms with van der Waals surface area (Å²) in [5.74, 6) is 0.981. The summed E-state index contributed by atoms with van der Waals surface area (Å²) in [5, 5.41) is 3.91. The highest BCUT2D eigenvalue weighted by Gasteiger charge is 2.27. The number of aliphatic imine (C=N–C) groups is 1. The van der Waals surface area contributed by atoms with Crippen LogP contribution >= 0.6 is 11.6 Å². The monoisotopic (exact) mass is 361 g/mol. The van der Waals surface area contributed by atoms with Gasteiger partial charge in [0.25, 0.3) is 0 Å². The Bertz CT molecular complexity index is 671. The third kappa shape index (κ3) is 4.62. The molecule has 9 heteroatoms. The molecule has 0 aromatic carbocycles. The molecule has 0 aliphatic carbocycles. The van der Waals surface area contributed by atoms with E-state index in [1.54, 1.807) is 7.05 Å². The van der Waals surface area contributed by atoms with E-state index in [1.807, 2.05) is 35.8 Å². The second kappa shape index (κ2) is 7.55. The Morgan fingerprint density at radius 2 is 2.26 bits per heavy atom. The fourth-order valence-corrected chi connectivity index (χ4v) is 4.46. The first-order chi connectivity index (χ1) is 10.8. The topological polar surface area (TPSA) is 69.9 Å². The Hall–Kier alpha value is -1.25. The maximum atomic E-state index is 11.8. The average Bonchev–Trinajstić information content (AvgIpc) is 2.96. The van der Waals surface area contributed by atoms with Crippen molar-refractivity contribution in [1.82, 2.24) is 19.1 Å². The number of sulfonamides is 1. The molecule has 23 heavy (non-hydrogen) atoms. The van der Waals surface area contributed by atoms with Crippen LogP contribution in [0.4, 0.5) is 0 Å². The van der Waals surface area contributed by atoms with Crippen LogP contribution in [-0.4, -0.2) is 67.6 Å². The van der Waals surface area contributed by atoms with Crippen LogP contribution in [0.25, 0.3) is 0 Å². The Labute approximate surface area is 143 Å². The van der Waals surface area contributed by atoms with Crippen LogP contribution in [0.3, 0.4) is 0 Å². The molecule has 1 aliphatic heterocycles. The van der Waals surface area contributed by atoms with Gasteiger partial charge in [-0.25, -0.2) is 12.7 Å². The summed E-state index contributed by atoms with van der Waals surface area (Å²) in [7, 11) is 2.55. The maximum absolute atomic E-state index is 11.8. The van der Waals surface area contributed by atoms with E-state index < -0.39 is 10.0 Å². The van der Waals surface area contributed by atoms with Gasteiger partial charge >= 0.3 is 0 Å². The molecule has 0 radical (unpaired) electrons. The first-order valence-corrected chi connectivity index (χ1v) is 9.52. The van der Waals surface area contributed by atoms with Crippen LogP contribution in [0.2, 0.25) is 5.02 Å². The first kappa shape index (κ1) is 18.1. The van der Waals surface area contributed by atoms with Gasteiger partial charge in [0, 0.05) is 52.7 Å². The summed E-state index contributed by atoms with van der Waals surface area (Å²) >= 11 is 6.00. The minimum absolute atomic E-state index is 0.260. The molecule has 0 unspecified atom stereocenters. The van der Waals surface area contributed by atoms with Crippen molar-refractivity contribution in [3.8, 4) is 0 Å². The van der Waals surface area contributed by atoms with Gasteiger partial charge in [-0.2, -0.15) is 0 Å². The van der Waals surface area contributed by atoms with Crippen molar-refractivity contribution < 1.29 is 8.42 Å². The van der Waals surface area contributed by atoms with Gasteiger partial charge in [0.1, 0.15) is 0 Å². The van der Waals surface area contributed by atoms with Crippen LogP contribution in [0.5, 0.6) is 0 Å². The molecule has 0 amide bonds. The van der Waals surface area contributed by atoms with Gasteiger partial charge in [0.05, 0.1) is 17.3 Å². The molecular formula is C14H24ClN5O2S. The van der Waals surface area contributed by atoms with E-state index in [-0.39, 0.29) is 5.75 Å². The number of halogens is 1. The number of aromatic nitrogens is 1. The summed E-state index contributed by atoms with van der Waals surface area (Å²) in [6.07, 6.45) is 2.57. The van der Waals surface area contributed by atoms with E-state index in [9.17, 15) is 8.42 Å². The maximum Gasteiger partial charge on any atom is 0.214 e. The normalized spacial score (nSPS) is 18.3. The van der Waals surface area contributed by atoms with E-state index in [0.717, 1.165) is 11.7 Å². The van der Waals surface area contributed by atoms with Crippen LogP contribution < -0.4 is 5.32 Å². The number of guanidine groups is 1. The minimum atomic E-state index is -3.04. The van der Waals surface area contributed by atoms with Crippen molar-refractivity contribution >= 4 is 27.6 Å². The van der Waals surface area contributed by atoms with Crippen LogP contribution in [0, 0.1) is 0 Å². The van der Waals surface area contributed by atoms with Gasteiger partial charge in [0.2, 0.25) is 10.0 Å². The predicted octanol–water partition coefficient (Wildman–Crippen LogP) is 0.721. The average molecular weight is 362 g/mol. The van der Waals surface area contributed by atoms with Gasteiger partial charge < -0.3 is 14.8 Å². The number of hydrogen-bond acceptors (Lipinski definition) is 3. The standard InChI is InChI=1S/C14H24ClN5O2S/c1-16-14(17-5-7-20-6-4-8-23(20,21)22)19(3)11-13-9-12(15)10-18(13)2/h9-10H,4-8,11H2,1-3H3,(H,16,17). The zero-order chi connectivity index (χ0) is 17.0. The zero-order valence-electron chi connectivity index (χ0n) is 13.8. The smallest absolute Gasteiger partial charge is 0.214 e. The van der Waals surface area contributed by atoms with Crippen molar-refractivity contribution in [2.24, 2.45) is 12.0 Å². The Balaban J connectivity index is 1.86. The summed E-state index contributed by atoms with van der Waals surface area (Å²) in [4.78, 5) is 6.22. The number of aryl methyl sites for hydroxylation is 1. The van der Waals surface area contributed by atoms with Gasteiger partial charge in [-0.05, 0) is 12.5 Å². The largest absolute Gasteiger partial charge is 0.355 e. The number of rotatable bonds is 5. The van der Waals surface area contributed by atoms with E-state index >= 15 is 0 Å². The lowest BCUT2D eigenvalue weighted by Gasteiger charge is -2.23. The lowest BCUT2D eigenvalue weighted by Crippen LogP contribution is -2.42. The molecule has 1 saturated heterocycles. The summed E-state index contributed by atoms with van der Waals surface area (Å²) in [6.45, 7) is 2.26. The third-order valence-electron chi connectivity index (χ3n) is 3.89. The van der Waals surface area contributed by atoms with E-state index in [0.29, 0.717) is 37.6 Å². The molecular weight excluding hydrogens is 338 g/mol. The molecule has 1 fully saturated rings. The Morgan fingerprint density at radius 1 is 1.52 bits per heavy atom. The molecule has 0 atom stereocenters. The van der Waals surface area contributed by atoms with Crippen molar-refractivity contribution in [2.45, 2.75) is 13.0 Å². The number of nitrogens with one attached hydrogen (secondary N) is 1. The minimum Gasteiger partial charge on any atom is -0.355 e. The second-order valence-electron chi connectivity index (χ2n) is 5.66. The highest BCUT2D eigenvalue weighted by Crippen LogP contribution is 2.14. The quantitative estimate of drug-likeness (QED) is 0.619. The molecule has 2 rings (SSSR count). The summed E-state index contributed by atoms with van der Waals surface area (Å²) in [6, 6.07) is 1.92. The highest BCUT2D eigenvalue weighted by atomic mass is 35.5. The fraction of sp³-hybridized carbons (Fsp3) is 0.643. The lowest BCUT2D eigenvalue weighted by molar-refractivity contribution is 0.429. The molecule has 1 N–H and O–H groups in total. The van der Waals surface area contributed by atoms with Gasteiger partial charge in [-0.1, -0.05) is 11.6 Å². The SMILES string of the molecule is CN=C(NCCN1CCCS1(=O)=O)N(C)Cc1cc(Cl)cn1C. The van der Waals surface area contributed by atoms with E-state index in [1.165, 1.54) is 4.31 Å². The second-order valence-corrected chi connectivity index (χ2v) is 8.18. The molecule has 0 saturated carbocycles. The van der Waals surface area contributed by atoms with Crippen LogP contribution in [0.1, 0.15) is 12.1 Å². The van der Waals surface area contributed by atoms with Crippen molar-refractivity contribution in [1.29, 1.82) is 0 Å². The Kier molecular flexibility index (Phi) is 5.94. The molecule has 130 valence electrons. The van der Waals surface area contributed by atoms with Gasteiger partial charge in [0.15, 0.2) is 5.96 Å². The molecule has 0 bridgehead atoms. The molecule has 1 aromatic rings. The molecule has 1 aromatic heterocycles. The third-order valence-corrected chi connectivity index (χ3v) is 6.06. The predicted molar refractivity (Wildman–Crippen MR) is 93.2 cm³/mol. The lowest BCUT2D eigenvalue weighted by atomic mass is 10.4. The van der Waals surface area contributed by atoms with Crippen LogP contribution in [-0.2, 0) is 23.6 Å². The van der Waals surface area contributed by atoms with Crippen molar-refractivity contribution in [2.75, 3.05) is 39.5 Å². The number of nitrogens with zero attached hydrogens (tertiary/aromatic N) is 4.